The van der Waals surface area contributed by atoms with Crippen LogP contribution in [0.25, 0.3) is 22.3 Å². The zero-order valence-corrected chi connectivity index (χ0v) is 22.2. The van der Waals surface area contributed by atoms with Gasteiger partial charge in [0, 0.05) is 55.5 Å². The molecule has 5 heterocycles. The molecule has 1 saturated heterocycles. The molecule has 2 fully saturated rings. The van der Waals surface area contributed by atoms with E-state index in [2.05, 4.69) is 51.0 Å². The summed E-state index contributed by atoms with van der Waals surface area (Å²) in [7, 11) is -3.02. The summed E-state index contributed by atoms with van der Waals surface area (Å²) in [6, 6.07) is 4.54. The molecule has 1 saturated carbocycles. The second kappa shape index (κ2) is 8.79. The molecule has 0 radical (unpaired) electrons. The van der Waals surface area contributed by atoms with Gasteiger partial charge in [-0.3, -0.25) is 9.36 Å². The maximum atomic E-state index is 11.8. The summed E-state index contributed by atoms with van der Waals surface area (Å²) < 4.78 is 27.5. The fourth-order valence-electron chi connectivity index (χ4n) is 4.93. The number of rotatable bonds is 8. The van der Waals surface area contributed by atoms with Crippen LogP contribution in [0.15, 0.2) is 36.9 Å². The fraction of sp³-hybridized carbons (Fsp3) is 0.480. The molecule has 6 rings (SSSR count). The van der Waals surface area contributed by atoms with Crippen molar-refractivity contribution in [3.8, 4) is 11.4 Å². The summed E-state index contributed by atoms with van der Waals surface area (Å²) in [5.41, 5.74) is 1.85. The Morgan fingerprint density at radius 1 is 1.16 bits per heavy atom. The van der Waals surface area contributed by atoms with Gasteiger partial charge in [-0.15, -0.1) is 0 Å². The molecule has 0 unspecified atom stereocenters. The first-order valence-electron chi connectivity index (χ1n) is 12.6. The van der Waals surface area contributed by atoms with Crippen molar-refractivity contribution in [2.24, 2.45) is 5.92 Å². The molecule has 12 heteroatoms. The van der Waals surface area contributed by atoms with Gasteiger partial charge in [0.1, 0.15) is 21.5 Å². The van der Waals surface area contributed by atoms with E-state index in [9.17, 15) is 8.42 Å². The number of aromatic nitrogens is 7. The highest BCUT2D eigenvalue weighted by atomic mass is 32.2. The lowest BCUT2D eigenvalue weighted by Crippen LogP contribution is -2.57. The molecule has 37 heavy (non-hydrogen) atoms. The Labute approximate surface area is 215 Å². The largest absolute Gasteiger partial charge is 0.351 e. The summed E-state index contributed by atoms with van der Waals surface area (Å²) >= 11 is 0. The highest BCUT2D eigenvalue weighted by molar-refractivity contribution is 7.90. The van der Waals surface area contributed by atoms with Crippen LogP contribution in [0.3, 0.4) is 0 Å². The van der Waals surface area contributed by atoms with Crippen LogP contribution in [-0.4, -0.2) is 67.5 Å². The van der Waals surface area contributed by atoms with E-state index in [1.165, 1.54) is 19.1 Å². The molecule has 11 nitrogen and oxygen atoms in total. The zero-order chi connectivity index (χ0) is 25.9. The van der Waals surface area contributed by atoms with Crippen molar-refractivity contribution in [2.45, 2.75) is 51.7 Å². The Balaban J connectivity index is 1.26. The van der Waals surface area contributed by atoms with Crippen LogP contribution < -0.4 is 10.2 Å². The van der Waals surface area contributed by atoms with Gasteiger partial charge in [-0.2, -0.15) is 10.2 Å². The highest BCUT2D eigenvalue weighted by Crippen LogP contribution is 2.37. The van der Waals surface area contributed by atoms with Crippen LogP contribution in [0.4, 0.5) is 17.5 Å². The second-order valence-corrected chi connectivity index (χ2v) is 12.7. The minimum atomic E-state index is -3.02. The topological polar surface area (TPSA) is 124 Å². The predicted molar refractivity (Wildman–Crippen MR) is 143 cm³/mol. The number of anilines is 3. The van der Waals surface area contributed by atoms with Crippen LogP contribution in [0, 0.1) is 5.92 Å². The summed E-state index contributed by atoms with van der Waals surface area (Å²) in [6.07, 6.45) is 11.0. The molecule has 4 aromatic rings. The molecule has 2 aliphatic rings. The van der Waals surface area contributed by atoms with Gasteiger partial charge in [0.25, 0.3) is 0 Å². The van der Waals surface area contributed by atoms with Gasteiger partial charge in [0.05, 0.1) is 34.5 Å². The number of fused-ring (bicyclic) bond motifs is 1. The standard InChI is InChI=1S/C25H31N9O2S/c1-15(2)34-21-9-23(27-11-20(21)25(31-34)32-12-18(16(32)3)14-37(4,35)36)29-22-7-8-26-24(30-22)17-10-28-33(13-17)19-5-6-19/h7-11,13,15-16,18-19H,5-6,12,14H2,1-4H3,(H,26,27,29,30)/t16-,18-/m1/s1. The van der Waals surface area contributed by atoms with Gasteiger partial charge in [-0.1, -0.05) is 0 Å². The first kappa shape index (κ1) is 23.8. The van der Waals surface area contributed by atoms with E-state index in [0.29, 0.717) is 30.0 Å². The van der Waals surface area contributed by atoms with E-state index in [1.807, 2.05) is 40.1 Å². The third kappa shape index (κ3) is 4.65. The third-order valence-corrected chi connectivity index (χ3v) is 8.18. The normalized spacial score (nSPS) is 20.0. The molecule has 0 aromatic carbocycles. The quantitative estimate of drug-likeness (QED) is 0.370. The smallest absolute Gasteiger partial charge is 0.164 e. The molecule has 1 N–H and O–H groups in total. The first-order chi connectivity index (χ1) is 17.7. The van der Waals surface area contributed by atoms with Gasteiger partial charge < -0.3 is 10.2 Å². The second-order valence-electron chi connectivity index (χ2n) is 10.5. The summed E-state index contributed by atoms with van der Waals surface area (Å²) in [4.78, 5) is 15.9. The van der Waals surface area contributed by atoms with Crippen molar-refractivity contribution in [3.05, 3.63) is 36.9 Å². The average molecular weight is 522 g/mol. The van der Waals surface area contributed by atoms with Crippen molar-refractivity contribution in [2.75, 3.05) is 28.8 Å². The predicted octanol–water partition coefficient (Wildman–Crippen LogP) is 3.61. The van der Waals surface area contributed by atoms with E-state index in [-0.39, 0.29) is 23.8 Å². The van der Waals surface area contributed by atoms with E-state index in [1.54, 1.807) is 6.20 Å². The molecular formula is C25H31N9O2S. The number of hydrogen-bond acceptors (Lipinski definition) is 9. The van der Waals surface area contributed by atoms with Crippen LogP contribution >= 0.6 is 0 Å². The highest BCUT2D eigenvalue weighted by Gasteiger charge is 2.39. The Hall–Kier alpha value is -3.54. The van der Waals surface area contributed by atoms with Crippen molar-refractivity contribution < 1.29 is 8.42 Å². The lowest BCUT2D eigenvalue weighted by molar-refractivity contribution is 0.337. The van der Waals surface area contributed by atoms with Crippen LogP contribution in [0.2, 0.25) is 0 Å². The maximum Gasteiger partial charge on any atom is 0.164 e. The van der Waals surface area contributed by atoms with Gasteiger partial charge in [0.15, 0.2) is 11.6 Å². The molecule has 0 bridgehead atoms. The molecule has 4 aromatic heterocycles. The van der Waals surface area contributed by atoms with Crippen molar-refractivity contribution in [1.29, 1.82) is 0 Å². The molecule has 2 atom stereocenters. The Bertz CT molecular complexity index is 1570. The van der Waals surface area contributed by atoms with Crippen molar-refractivity contribution in [3.63, 3.8) is 0 Å². The number of sulfone groups is 1. The molecule has 1 aliphatic carbocycles. The van der Waals surface area contributed by atoms with Crippen molar-refractivity contribution in [1.82, 2.24) is 34.5 Å². The summed E-state index contributed by atoms with van der Waals surface area (Å²) in [5.74, 6) is 3.06. The van der Waals surface area contributed by atoms with E-state index in [4.69, 9.17) is 5.10 Å². The Kier molecular flexibility index (Phi) is 5.66. The number of nitrogens with zero attached hydrogens (tertiary/aromatic N) is 8. The lowest BCUT2D eigenvalue weighted by Gasteiger charge is -2.46. The Morgan fingerprint density at radius 3 is 2.68 bits per heavy atom. The molecule has 194 valence electrons. The van der Waals surface area contributed by atoms with Crippen LogP contribution in [-0.2, 0) is 9.84 Å². The molecule has 1 aliphatic heterocycles. The van der Waals surface area contributed by atoms with Crippen molar-refractivity contribution >= 4 is 38.2 Å². The Morgan fingerprint density at radius 2 is 1.97 bits per heavy atom. The maximum absolute atomic E-state index is 11.8. The number of nitrogens with one attached hydrogen (secondary N) is 1. The summed E-state index contributed by atoms with van der Waals surface area (Å²) in [6.45, 7) is 6.91. The molecular weight excluding hydrogens is 490 g/mol. The van der Waals surface area contributed by atoms with Crippen LogP contribution in [0.5, 0.6) is 0 Å². The van der Waals surface area contributed by atoms with Gasteiger partial charge in [-0.25, -0.2) is 23.4 Å². The van der Waals surface area contributed by atoms with E-state index >= 15 is 0 Å². The minimum absolute atomic E-state index is 0.0925. The monoisotopic (exact) mass is 521 g/mol. The van der Waals surface area contributed by atoms with Crippen LogP contribution in [0.1, 0.15) is 45.7 Å². The molecule has 0 amide bonds. The number of hydrogen-bond donors (Lipinski definition) is 1. The zero-order valence-electron chi connectivity index (χ0n) is 21.4. The average Bonchev–Trinajstić information content (AvgIpc) is 3.46. The summed E-state index contributed by atoms with van der Waals surface area (Å²) in [5, 5.41) is 13.6. The minimum Gasteiger partial charge on any atom is -0.351 e. The van der Waals surface area contributed by atoms with Gasteiger partial charge >= 0.3 is 0 Å². The first-order valence-corrected chi connectivity index (χ1v) is 14.7. The SMILES string of the molecule is CC(C)n1nc(N2C[C@H](CS(C)(=O)=O)[C@H]2C)c2cnc(Nc3ccnc(-c4cnn(C5CC5)c4)n3)cc21. The van der Waals surface area contributed by atoms with E-state index in [0.717, 1.165) is 22.3 Å². The van der Waals surface area contributed by atoms with E-state index < -0.39 is 9.84 Å². The lowest BCUT2D eigenvalue weighted by atomic mass is 9.91. The number of pyridine rings is 1. The van der Waals surface area contributed by atoms with Gasteiger partial charge in [0.2, 0.25) is 0 Å². The van der Waals surface area contributed by atoms with Gasteiger partial charge in [-0.05, 0) is 39.7 Å². The third-order valence-electron chi connectivity index (χ3n) is 7.15. The fourth-order valence-corrected chi connectivity index (χ4v) is 6.09. The molecule has 0 spiro atoms.